The van der Waals surface area contributed by atoms with E-state index in [1.165, 1.54) is 4.31 Å². The van der Waals surface area contributed by atoms with Crippen molar-refractivity contribution in [2.75, 3.05) is 10.8 Å². The highest BCUT2D eigenvalue weighted by Gasteiger charge is 2.30. The molecule has 0 unspecified atom stereocenters. The fourth-order valence-electron chi connectivity index (χ4n) is 2.76. The summed E-state index contributed by atoms with van der Waals surface area (Å²) < 4.78 is 27.8. The molecule has 0 bridgehead atoms. The first-order valence-corrected chi connectivity index (χ1v) is 10.2. The van der Waals surface area contributed by atoms with Gasteiger partial charge in [-0.2, -0.15) is 0 Å². The van der Waals surface area contributed by atoms with Crippen LogP contribution >= 0.6 is 0 Å². The third-order valence-electron chi connectivity index (χ3n) is 4.47. The third-order valence-corrected chi connectivity index (χ3v) is 6.25. The molecular weight excluding hydrogens is 348 g/mol. The number of anilines is 1. The number of rotatable bonds is 6. The smallest absolute Gasteiger partial charge is 0.264 e. The maximum Gasteiger partial charge on any atom is 0.264 e. The summed E-state index contributed by atoms with van der Waals surface area (Å²) in [6.07, 6.45) is 1.92. The average Bonchev–Trinajstić information content (AvgIpc) is 3.39. The van der Waals surface area contributed by atoms with E-state index in [1.807, 2.05) is 39.0 Å². The van der Waals surface area contributed by atoms with E-state index in [0.717, 1.165) is 29.5 Å². The summed E-state index contributed by atoms with van der Waals surface area (Å²) in [5.41, 5.74) is 3.27. The van der Waals surface area contributed by atoms with E-state index in [2.05, 4.69) is 5.32 Å². The average molecular weight is 372 g/mol. The van der Waals surface area contributed by atoms with Crippen molar-refractivity contribution in [3.05, 3.63) is 59.2 Å². The Labute approximate surface area is 155 Å². The van der Waals surface area contributed by atoms with Crippen LogP contribution in [0.4, 0.5) is 5.69 Å². The van der Waals surface area contributed by atoms with Crippen LogP contribution in [0.15, 0.2) is 47.4 Å². The summed E-state index contributed by atoms with van der Waals surface area (Å²) in [5, 5.41) is 2.88. The summed E-state index contributed by atoms with van der Waals surface area (Å²) in [4.78, 5) is 12.6. The zero-order valence-electron chi connectivity index (χ0n) is 15.3. The number of carbonyl (C=O) groups is 1. The van der Waals surface area contributed by atoms with Gasteiger partial charge in [-0.05, 0) is 62.9 Å². The van der Waals surface area contributed by atoms with Crippen molar-refractivity contribution in [2.45, 2.75) is 44.6 Å². The summed E-state index contributed by atoms with van der Waals surface area (Å²) in [7, 11) is -3.85. The van der Waals surface area contributed by atoms with Crippen molar-refractivity contribution < 1.29 is 13.2 Å². The summed E-state index contributed by atoms with van der Waals surface area (Å²) in [6, 6.07) is 12.5. The Bertz CT molecular complexity index is 917. The molecule has 0 saturated heterocycles. The summed E-state index contributed by atoms with van der Waals surface area (Å²) in [5.74, 6) is -0.274. The Morgan fingerprint density at radius 1 is 1.04 bits per heavy atom. The first-order chi connectivity index (χ1) is 12.3. The van der Waals surface area contributed by atoms with E-state index in [1.54, 1.807) is 24.3 Å². The molecule has 0 spiro atoms. The molecule has 0 radical (unpaired) electrons. The van der Waals surface area contributed by atoms with E-state index in [4.69, 9.17) is 0 Å². The minimum atomic E-state index is -3.85. The fourth-order valence-corrected chi connectivity index (χ4v) is 4.23. The lowest BCUT2D eigenvalue weighted by molar-refractivity contribution is -0.119. The number of carbonyl (C=O) groups excluding carboxylic acids is 1. The molecular formula is C20H24N2O3S. The third kappa shape index (κ3) is 4.07. The summed E-state index contributed by atoms with van der Waals surface area (Å²) >= 11 is 0. The van der Waals surface area contributed by atoms with Crippen LogP contribution < -0.4 is 9.62 Å². The molecule has 1 saturated carbocycles. The Balaban J connectivity index is 2.02. The first kappa shape index (κ1) is 18.5. The number of benzene rings is 2. The zero-order valence-corrected chi connectivity index (χ0v) is 16.1. The van der Waals surface area contributed by atoms with Gasteiger partial charge in [-0.15, -0.1) is 0 Å². The van der Waals surface area contributed by atoms with E-state index >= 15 is 0 Å². The first-order valence-electron chi connectivity index (χ1n) is 8.73. The molecule has 0 aromatic heterocycles. The van der Waals surface area contributed by atoms with E-state index in [0.29, 0.717) is 5.69 Å². The van der Waals surface area contributed by atoms with Gasteiger partial charge in [0.2, 0.25) is 5.91 Å². The van der Waals surface area contributed by atoms with Crippen LogP contribution in [0.25, 0.3) is 0 Å². The standard InChI is InChI=1S/C20H24N2O3S/c1-14-5-10-18(11-6-14)26(24,25)22(13-20(23)21-17-8-9-17)19-12-15(2)4-7-16(19)3/h4-7,10-12,17H,8-9,13H2,1-3H3,(H,21,23). The molecule has 3 rings (SSSR count). The van der Waals surface area contributed by atoms with Crippen molar-refractivity contribution in [2.24, 2.45) is 0 Å². The molecule has 0 aliphatic heterocycles. The van der Waals surface area contributed by atoms with Crippen molar-refractivity contribution in [1.29, 1.82) is 0 Å². The molecule has 1 aliphatic rings. The number of aryl methyl sites for hydroxylation is 3. The lowest BCUT2D eigenvalue weighted by Crippen LogP contribution is -2.41. The second-order valence-corrected chi connectivity index (χ2v) is 8.82. The maximum atomic E-state index is 13.3. The van der Waals surface area contributed by atoms with Gasteiger partial charge >= 0.3 is 0 Å². The topological polar surface area (TPSA) is 66.5 Å². The molecule has 1 aliphatic carbocycles. The van der Waals surface area contributed by atoms with Gasteiger partial charge in [-0.1, -0.05) is 29.8 Å². The van der Waals surface area contributed by atoms with E-state index < -0.39 is 10.0 Å². The van der Waals surface area contributed by atoms with Crippen molar-refractivity contribution >= 4 is 21.6 Å². The zero-order chi connectivity index (χ0) is 18.9. The molecule has 0 heterocycles. The molecule has 26 heavy (non-hydrogen) atoms. The highest BCUT2D eigenvalue weighted by atomic mass is 32.2. The molecule has 5 nitrogen and oxygen atoms in total. The van der Waals surface area contributed by atoms with Crippen LogP contribution in [-0.2, 0) is 14.8 Å². The van der Waals surface area contributed by atoms with Crippen molar-refractivity contribution in [3.8, 4) is 0 Å². The predicted molar refractivity (Wildman–Crippen MR) is 103 cm³/mol. The Hall–Kier alpha value is -2.34. The van der Waals surface area contributed by atoms with Gasteiger partial charge < -0.3 is 5.32 Å². The largest absolute Gasteiger partial charge is 0.352 e. The second-order valence-electron chi connectivity index (χ2n) is 6.96. The minimum absolute atomic E-state index is 0.184. The van der Waals surface area contributed by atoms with Crippen LogP contribution in [0.2, 0.25) is 0 Å². The molecule has 138 valence electrons. The second kappa shape index (κ2) is 7.11. The number of hydrogen-bond donors (Lipinski definition) is 1. The summed E-state index contributed by atoms with van der Waals surface area (Å²) in [6.45, 7) is 5.44. The van der Waals surface area contributed by atoms with E-state index in [-0.39, 0.29) is 23.4 Å². The van der Waals surface area contributed by atoms with Gasteiger partial charge in [0.05, 0.1) is 10.6 Å². The van der Waals surface area contributed by atoms with Crippen LogP contribution in [0.3, 0.4) is 0 Å². The van der Waals surface area contributed by atoms with Crippen molar-refractivity contribution in [1.82, 2.24) is 5.32 Å². The Morgan fingerprint density at radius 2 is 1.65 bits per heavy atom. The van der Waals surface area contributed by atoms with Crippen LogP contribution in [0, 0.1) is 20.8 Å². The quantitative estimate of drug-likeness (QED) is 0.847. The number of amides is 1. The lowest BCUT2D eigenvalue weighted by Gasteiger charge is -2.26. The highest BCUT2D eigenvalue weighted by molar-refractivity contribution is 7.92. The molecule has 2 aromatic carbocycles. The van der Waals surface area contributed by atoms with Crippen molar-refractivity contribution in [3.63, 3.8) is 0 Å². The normalized spacial score (nSPS) is 14.1. The lowest BCUT2D eigenvalue weighted by atomic mass is 10.1. The number of nitrogens with zero attached hydrogens (tertiary/aromatic N) is 1. The molecule has 1 N–H and O–H groups in total. The van der Waals surface area contributed by atoms with Crippen LogP contribution in [-0.4, -0.2) is 26.9 Å². The molecule has 0 atom stereocenters. The monoisotopic (exact) mass is 372 g/mol. The van der Waals surface area contributed by atoms with Gasteiger partial charge in [-0.25, -0.2) is 8.42 Å². The van der Waals surface area contributed by atoms with Crippen LogP contribution in [0.1, 0.15) is 29.5 Å². The van der Waals surface area contributed by atoms with Gasteiger partial charge in [-0.3, -0.25) is 9.10 Å². The van der Waals surface area contributed by atoms with Gasteiger partial charge in [0.15, 0.2) is 0 Å². The minimum Gasteiger partial charge on any atom is -0.352 e. The Kier molecular flexibility index (Phi) is 5.05. The number of nitrogens with one attached hydrogen (secondary N) is 1. The highest BCUT2D eigenvalue weighted by Crippen LogP contribution is 2.28. The predicted octanol–water partition coefficient (Wildman–Crippen LogP) is 3.09. The maximum absolute atomic E-state index is 13.3. The SMILES string of the molecule is Cc1ccc(S(=O)(=O)N(CC(=O)NC2CC2)c2cc(C)ccc2C)cc1. The fraction of sp³-hybridized carbons (Fsp3) is 0.350. The molecule has 1 amide bonds. The van der Waals surface area contributed by atoms with Gasteiger partial charge in [0.25, 0.3) is 10.0 Å². The van der Waals surface area contributed by atoms with Crippen LogP contribution in [0.5, 0.6) is 0 Å². The Morgan fingerprint density at radius 3 is 2.27 bits per heavy atom. The molecule has 6 heteroatoms. The number of sulfonamides is 1. The van der Waals surface area contributed by atoms with Gasteiger partial charge in [0, 0.05) is 6.04 Å². The molecule has 1 fully saturated rings. The number of hydrogen-bond acceptors (Lipinski definition) is 3. The van der Waals surface area contributed by atoms with Gasteiger partial charge in [0.1, 0.15) is 6.54 Å². The molecule has 2 aromatic rings. The van der Waals surface area contributed by atoms with E-state index in [9.17, 15) is 13.2 Å².